The van der Waals surface area contributed by atoms with Crippen molar-refractivity contribution in [2.45, 2.75) is 52.2 Å². The highest BCUT2D eigenvalue weighted by Gasteiger charge is 2.14. The van der Waals surface area contributed by atoms with Crippen LogP contribution in [0, 0.1) is 5.92 Å². The lowest BCUT2D eigenvalue weighted by molar-refractivity contribution is 0.0727. The monoisotopic (exact) mass is 291 g/mol. The number of hydrogen-bond acceptors (Lipinski definition) is 3. The van der Waals surface area contributed by atoms with Gasteiger partial charge in [0.15, 0.2) is 0 Å². The molecule has 2 rings (SSSR count). The third-order valence-corrected chi connectivity index (χ3v) is 4.26. The van der Waals surface area contributed by atoms with Gasteiger partial charge in [-0.15, -0.1) is 0 Å². The van der Waals surface area contributed by atoms with Crippen molar-refractivity contribution < 1.29 is 9.47 Å². The van der Waals surface area contributed by atoms with E-state index in [-0.39, 0.29) is 0 Å². The summed E-state index contributed by atoms with van der Waals surface area (Å²) in [5.41, 5.74) is 2.44. The molecule has 3 nitrogen and oxygen atoms in total. The molecule has 0 aromatic heterocycles. The van der Waals surface area contributed by atoms with Crippen molar-refractivity contribution in [2.24, 2.45) is 5.92 Å². The van der Waals surface area contributed by atoms with Crippen molar-refractivity contribution in [1.29, 1.82) is 0 Å². The maximum Gasteiger partial charge on any atom is 0.124 e. The third-order valence-electron chi connectivity index (χ3n) is 4.26. The van der Waals surface area contributed by atoms with Gasteiger partial charge in [0.1, 0.15) is 5.75 Å². The Morgan fingerprint density at radius 3 is 2.71 bits per heavy atom. The van der Waals surface area contributed by atoms with Gasteiger partial charge in [0.2, 0.25) is 0 Å². The molecule has 118 valence electrons. The number of rotatable bonds is 8. The maximum absolute atomic E-state index is 5.96. The van der Waals surface area contributed by atoms with Crippen LogP contribution in [0.3, 0.4) is 0 Å². The number of ether oxygens (including phenoxy) is 2. The van der Waals surface area contributed by atoms with Crippen LogP contribution in [0.1, 0.15) is 50.2 Å². The summed E-state index contributed by atoms with van der Waals surface area (Å²) in [7, 11) is 1.73. The van der Waals surface area contributed by atoms with Gasteiger partial charge in [-0.2, -0.15) is 0 Å². The minimum atomic E-state index is 0.652. The second kappa shape index (κ2) is 9.06. The molecule has 21 heavy (non-hydrogen) atoms. The standard InChI is InChI=1S/C18H29NO2/c1-3-19-12-16-9-10-18(20-2)17(11-16)14-21-13-15-7-5-4-6-8-15/h9-11,15,19H,3-8,12-14H2,1-2H3. The normalized spacial score (nSPS) is 16.1. The molecule has 3 heteroatoms. The molecule has 0 amide bonds. The molecule has 0 spiro atoms. The lowest BCUT2D eigenvalue weighted by Gasteiger charge is -2.21. The van der Waals surface area contributed by atoms with E-state index < -0.39 is 0 Å². The highest BCUT2D eigenvalue weighted by molar-refractivity contribution is 5.36. The van der Waals surface area contributed by atoms with Gasteiger partial charge in [0.25, 0.3) is 0 Å². The van der Waals surface area contributed by atoms with Crippen molar-refractivity contribution in [3.8, 4) is 5.75 Å². The van der Waals surface area contributed by atoms with Crippen LogP contribution in [0.2, 0.25) is 0 Å². The molecule has 0 atom stereocenters. The second-order valence-corrected chi connectivity index (χ2v) is 5.95. The summed E-state index contributed by atoms with van der Waals surface area (Å²) in [5.74, 6) is 1.69. The summed E-state index contributed by atoms with van der Waals surface area (Å²) in [4.78, 5) is 0. The fourth-order valence-corrected chi connectivity index (χ4v) is 3.01. The first kappa shape index (κ1) is 16.3. The number of hydrogen-bond donors (Lipinski definition) is 1. The maximum atomic E-state index is 5.96. The Hall–Kier alpha value is -1.06. The molecule has 1 aliphatic rings. The van der Waals surface area contributed by atoms with E-state index in [1.54, 1.807) is 7.11 Å². The summed E-state index contributed by atoms with van der Waals surface area (Å²) >= 11 is 0. The van der Waals surface area contributed by atoms with E-state index in [2.05, 4.69) is 24.4 Å². The summed E-state index contributed by atoms with van der Waals surface area (Å²) in [6, 6.07) is 6.36. The average molecular weight is 291 g/mol. The summed E-state index contributed by atoms with van der Waals surface area (Å²) in [6.07, 6.45) is 6.80. The summed E-state index contributed by atoms with van der Waals surface area (Å²) in [5, 5.41) is 3.36. The van der Waals surface area contributed by atoms with Crippen LogP contribution in [-0.2, 0) is 17.9 Å². The average Bonchev–Trinajstić information content (AvgIpc) is 2.54. The molecule has 1 saturated carbocycles. The van der Waals surface area contributed by atoms with E-state index in [1.165, 1.54) is 37.7 Å². The molecule has 0 bridgehead atoms. The van der Waals surface area contributed by atoms with Crippen LogP contribution in [0.4, 0.5) is 0 Å². The third kappa shape index (κ3) is 5.33. The van der Waals surface area contributed by atoms with Gasteiger partial charge >= 0.3 is 0 Å². The predicted molar refractivity (Wildman–Crippen MR) is 86.6 cm³/mol. The number of nitrogens with one attached hydrogen (secondary N) is 1. The zero-order chi connectivity index (χ0) is 14.9. The quantitative estimate of drug-likeness (QED) is 0.788. The van der Waals surface area contributed by atoms with Crippen LogP contribution in [0.15, 0.2) is 18.2 Å². The van der Waals surface area contributed by atoms with Gasteiger partial charge in [-0.1, -0.05) is 32.3 Å². The van der Waals surface area contributed by atoms with E-state index in [1.807, 2.05) is 6.07 Å². The largest absolute Gasteiger partial charge is 0.496 e. The van der Waals surface area contributed by atoms with Gasteiger partial charge in [0.05, 0.1) is 13.7 Å². The highest BCUT2D eigenvalue weighted by Crippen LogP contribution is 2.25. The van der Waals surface area contributed by atoms with Gasteiger partial charge in [-0.3, -0.25) is 0 Å². The molecular formula is C18H29NO2. The van der Waals surface area contributed by atoms with Gasteiger partial charge in [0, 0.05) is 18.7 Å². The summed E-state index contributed by atoms with van der Waals surface area (Å²) < 4.78 is 11.4. The Morgan fingerprint density at radius 1 is 1.19 bits per heavy atom. The van der Waals surface area contributed by atoms with Crippen molar-refractivity contribution in [1.82, 2.24) is 5.32 Å². The van der Waals surface area contributed by atoms with E-state index in [4.69, 9.17) is 9.47 Å². The molecule has 0 unspecified atom stereocenters. The molecule has 0 radical (unpaired) electrons. The first-order valence-corrected chi connectivity index (χ1v) is 8.27. The van der Waals surface area contributed by atoms with Crippen LogP contribution >= 0.6 is 0 Å². The molecule has 0 heterocycles. The van der Waals surface area contributed by atoms with Crippen molar-refractivity contribution in [3.05, 3.63) is 29.3 Å². The molecule has 0 saturated heterocycles. The number of benzene rings is 1. The Morgan fingerprint density at radius 2 is 2.00 bits per heavy atom. The molecule has 1 fully saturated rings. The Bertz CT molecular complexity index is 414. The summed E-state index contributed by atoms with van der Waals surface area (Å²) in [6.45, 7) is 5.55. The first-order valence-electron chi connectivity index (χ1n) is 8.27. The number of methoxy groups -OCH3 is 1. The smallest absolute Gasteiger partial charge is 0.124 e. The predicted octanol–water partition coefficient (Wildman–Crippen LogP) is 3.90. The van der Waals surface area contributed by atoms with Crippen LogP contribution in [0.5, 0.6) is 5.75 Å². The molecule has 1 aliphatic carbocycles. The highest BCUT2D eigenvalue weighted by atomic mass is 16.5. The van der Waals surface area contributed by atoms with Crippen LogP contribution < -0.4 is 10.1 Å². The molecule has 1 aromatic rings. The van der Waals surface area contributed by atoms with E-state index >= 15 is 0 Å². The zero-order valence-electron chi connectivity index (χ0n) is 13.5. The van der Waals surface area contributed by atoms with Crippen molar-refractivity contribution in [3.63, 3.8) is 0 Å². The van der Waals surface area contributed by atoms with Crippen molar-refractivity contribution in [2.75, 3.05) is 20.3 Å². The SMILES string of the molecule is CCNCc1ccc(OC)c(COCC2CCCCC2)c1. The van der Waals surface area contributed by atoms with Gasteiger partial charge in [-0.05, 0) is 43.0 Å². The molecule has 0 aliphatic heterocycles. The van der Waals surface area contributed by atoms with Crippen LogP contribution in [-0.4, -0.2) is 20.3 Å². The van der Waals surface area contributed by atoms with Crippen LogP contribution in [0.25, 0.3) is 0 Å². The second-order valence-electron chi connectivity index (χ2n) is 5.95. The topological polar surface area (TPSA) is 30.5 Å². The van der Waals surface area contributed by atoms with E-state index in [0.717, 1.165) is 36.9 Å². The van der Waals surface area contributed by atoms with E-state index in [9.17, 15) is 0 Å². The first-order chi connectivity index (χ1) is 10.3. The Labute approximate surface area is 129 Å². The lowest BCUT2D eigenvalue weighted by Crippen LogP contribution is -2.14. The van der Waals surface area contributed by atoms with Gasteiger partial charge < -0.3 is 14.8 Å². The fourth-order valence-electron chi connectivity index (χ4n) is 3.01. The Balaban J connectivity index is 1.87. The lowest BCUT2D eigenvalue weighted by atomic mass is 9.90. The minimum Gasteiger partial charge on any atom is -0.496 e. The van der Waals surface area contributed by atoms with Crippen molar-refractivity contribution >= 4 is 0 Å². The molecule has 1 aromatic carbocycles. The van der Waals surface area contributed by atoms with E-state index in [0.29, 0.717) is 6.61 Å². The zero-order valence-corrected chi connectivity index (χ0v) is 13.5. The van der Waals surface area contributed by atoms with Gasteiger partial charge in [-0.25, -0.2) is 0 Å². The molecule has 1 N–H and O–H groups in total. The molecular weight excluding hydrogens is 262 g/mol. The Kier molecular flexibility index (Phi) is 7.04. The minimum absolute atomic E-state index is 0.652. The fraction of sp³-hybridized carbons (Fsp3) is 0.667.